The van der Waals surface area contributed by atoms with E-state index in [1.807, 2.05) is 0 Å². The molecule has 0 radical (unpaired) electrons. The molecule has 0 saturated heterocycles. The van der Waals surface area contributed by atoms with E-state index in [1.165, 1.54) is 7.11 Å². The lowest BCUT2D eigenvalue weighted by Crippen LogP contribution is -2.09. The van der Waals surface area contributed by atoms with Gasteiger partial charge in [0, 0.05) is 10.6 Å². The zero-order valence-electron chi connectivity index (χ0n) is 7.07. The highest BCUT2D eigenvalue weighted by molar-refractivity contribution is 7.80. The van der Waals surface area contributed by atoms with Gasteiger partial charge in [0.05, 0.1) is 12.7 Å². The summed E-state index contributed by atoms with van der Waals surface area (Å²) in [6.07, 6.45) is 0. The van der Waals surface area contributed by atoms with Crippen molar-refractivity contribution in [1.82, 2.24) is 0 Å². The van der Waals surface area contributed by atoms with Gasteiger partial charge in [-0.2, -0.15) is 0 Å². The number of methoxy groups -OCH3 is 1. The van der Waals surface area contributed by atoms with Crippen molar-refractivity contribution in [1.29, 1.82) is 0 Å². The van der Waals surface area contributed by atoms with Crippen LogP contribution in [0, 0.1) is 0 Å². The molecule has 0 saturated carbocycles. The summed E-state index contributed by atoms with van der Waals surface area (Å²) in [4.78, 5) is 11.7. The molecule has 1 aromatic rings. The third kappa shape index (κ3) is 2.13. The van der Waals surface area contributed by atoms with Crippen LogP contribution in [-0.2, 0) is 4.74 Å². The van der Waals surface area contributed by atoms with Crippen LogP contribution in [0.2, 0.25) is 0 Å². The van der Waals surface area contributed by atoms with Crippen molar-refractivity contribution >= 4 is 24.3 Å². The molecule has 0 aromatic heterocycles. The highest BCUT2D eigenvalue weighted by atomic mass is 32.1. The van der Waals surface area contributed by atoms with Crippen molar-refractivity contribution in [2.45, 2.75) is 4.90 Å². The lowest BCUT2D eigenvalue weighted by molar-refractivity contribution is 0.0597. The summed E-state index contributed by atoms with van der Waals surface area (Å²) in [6.45, 7) is 0. The van der Waals surface area contributed by atoms with Gasteiger partial charge < -0.3 is 10.2 Å². The van der Waals surface area contributed by atoms with Crippen LogP contribution in [0.1, 0.15) is 10.4 Å². The number of hydrazine groups is 1. The second kappa shape index (κ2) is 4.15. The maximum atomic E-state index is 11.2. The van der Waals surface area contributed by atoms with Gasteiger partial charge in [0.25, 0.3) is 0 Å². The van der Waals surface area contributed by atoms with Crippen molar-refractivity contribution in [2.24, 2.45) is 5.84 Å². The van der Waals surface area contributed by atoms with Crippen LogP contribution in [0.5, 0.6) is 0 Å². The minimum atomic E-state index is -0.429. The minimum absolute atomic E-state index is 0.390. The molecule has 0 spiro atoms. The quantitative estimate of drug-likeness (QED) is 0.287. The molecule has 1 aromatic carbocycles. The highest BCUT2D eigenvalue weighted by Gasteiger charge is 2.09. The Morgan fingerprint density at radius 2 is 2.31 bits per heavy atom. The largest absolute Gasteiger partial charge is 0.465 e. The summed E-state index contributed by atoms with van der Waals surface area (Å²) >= 11 is 4.11. The fraction of sp³-hybridized carbons (Fsp3) is 0.125. The van der Waals surface area contributed by atoms with E-state index in [4.69, 9.17) is 5.84 Å². The van der Waals surface area contributed by atoms with Gasteiger partial charge in [-0.05, 0) is 18.2 Å². The molecule has 0 unspecified atom stereocenters. The number of carbonyl (C=O) groups excluding carboxylic acids is 1. The van der Waals surface area contributed by atoms with Gasteiger partial charge in [0.15, 0.2) is 0 Å². The fourth-order valence-corrected chi connectivity index (χ4v) is 1.13. The van der Waals surface area contributed by atoms with Crippen molar-refractivity contribution in [2.75, 3.05) is 12.5 Å². The number of hydrogen-bond donors (Lipinski definition) is 3. The summed E-state index contributed by atoms with van der Waals surface area (Å²) in [5.41, 5.74) is 3.46. The molecule has 0 fully saturated rings. The zero-order valence-corrected chi connectivity index (χ0v) is 7.97. The Bertz CT molecular complexity index is 328. The Balaban J connectivity index is 3.11. The first-order valence-electron chi connectivity index (χ1n) is 3.57. The Morgan fingerprint density at radius 1 is 1.62 bits per heavy atom. The molecule has 0 aliphatic carbocycles. The first-order valence-corrected chi connectivity index (χ1v) is 4.01. The highest BCUT2D eigenvalue weighted by Crippen LogP contribution is 2.18. The van der Waals surface area contributed by atoms with Gasteiger partial charge in [0.2, 0.25) is 0 Å². The average Bonchev–Trinajstić information content (AvgIpc) is 2.17. The van der Waals surface area contributed by atoms with Gasteiger partial charge in [-0.1, -0.05) is 0 Å². The molecule has 0 heterocycles. The molecule has 0 amide bonds. The second-order valence-electron chi connectivity index (χ2n) is 2.37. The van der Waals surface area contributed by atoms with E-state index in [0.717, 1.165) is 0 Å². The Morgan fingerprint density at radius 3 is 2.85 bits per heavy atom. The molecule has 5 heteroatoms. The molecular formula is C8H10N2O2S. The van der Waals surface area contributed by atoms with Crippen molar-refractivity contribution in [3.8, 4) is 0 Å². The topological polar surface area (TPSA) is 64.3 Å². The van der Waals surface area contributed by atoms with Crippen molar-refractivity contribution < 1.29 is 9.53 Å². The van der Waals surface area contributed by atoms with Crippen LogP contribution in [0.25, 0.3) is 0 Å². The number of thiol groups is 1. The number of nitrogens with one attached hydrogen (secondary N) is 1. The number of ether oxygens (including phenoxy) is 1. The first kappa shape index (κ1) is 9.88. The number of benzene rings is 1. The summed E-state index contributed by atoms with van der Waals surface area (Å²) in [5, 5.41) is 0. The number of carbonyl (C=O) groups is 1. The van der Waals surface area contributed by atoms with Gasteiger partial charge in [-0.15, -0.1) is 12.6 Å². The summed E-state index contributed by atoms with van der Waals surface area (Å²) in [7, 11) is 1.32. The first-order chi connectivity index (χ1) is 6.19. The van der Waals surface area contributed by atoms with E-state index >= 15 is 0 Å². The van der Waals surface area contributed by atoms with E-state index in [2.05, 4.69) is 22.8 Å². The molecule has 0 bridgehead atoms. The zero-order chi connectivity index (χ0) is 9.84. The number of nitrogen functional groups attached to an aromatic ring is 1. The van der Waals surface area contributed by atoms with Gasteiger partial charge >= 0.3 is 5.97 Å². The Kier molecular flexibility index (Phi) is 3.16. The molecule has 4 nitrogen and oxygen atoms in total. The molecule has 0 aliphatic heterocycles. The van der Waals surface area contributed by atoms with Crippen LogP contribution >= 0.6 is 12.6 Å². The third-order valence-electron chi connectivity index (χ3n) is 1.57. The van der Waals surface area contributed by atoms with Crippen LogP contribution in [0.4, 0.5) is 5.69 Å². The van der Waals surface area contributed by atoms with E-state index in [0.29, 0.717) is 16.1 Å². The minimum Gasteiger partial charge on any atom is -0.465 e. The molecule has 0 atom stereocenters. The molecule has 13 heavy (non-hydrogen) atoms. The monoisotopic (exact) mass is 198 g/mol. The Hall–Kier alpha value is -1.20. The SMILES string of the molecule is COC(=O)c1cc(NN)ccc1S. The summed E-state index contributed by atoms with van der Waals surface area (Å²) < 4.78 is 4.56. The van der Waals surface area contributed by atoms with Crippen LogP contribution in [-0.4, -0.2) is 13.1 Å². The third-order valence-corrected chi connectivity index (χ3v) is 1.96. The standard InChI is InChI=1S/C8H10N2O2S/c1-12-8(11)6-4-5(10-9)2-3-7(6)13/h2-4,10,13H,9H2,1H3. The number of esters is 1. The van der Waals surface area contributed by atoms with Crippen LogP contribution in [0.15, 0.2) is 23.1 Å². The number of hydrogen-bond acceptors (Lipinski definition) is 5. The molecule has 3 N–H and O–H groups in total. The molecule has 0 aliphatic rings. The normalized spacial score (nSPS) is 9.46. The maximum absolute atomic E-state index is 11.2. The maximum Gasteiger partial charge on any atom is 0.339 e. The number of anilines is 1. The van der Waals surface area contributed by atoms with Crippen LogP contribution in [0.3, 0.4) is 0 Å². The molecule has 1 rings (SSSR count). The van der Waals surface area contributed by atoms with Gasteiger partial charge in [-0.3, -0.25) is 5.84 Å². The van der Waals surface area contributed by atoms with E-state index < -0.39 is 5.97 Å². The van der Waals surface area contributed by atoms with Crippen molar-refractivity contribution in [3.63, 3.8) is 0 Å². The molecular weight excluding hydrogens is 188 g/mol. The summed E-state index contributed by atoms with van der Waals surface area (Å²) in [6, 6.07) is 4.97. The predicted octanol–water partition coefficient (Wildman–Crippen LogP) is 1.05. The van der Waals surface area contributed by atoms with E-state index in [-0.39, 0.29) is 0 Å². The average molecular weight is 198 g/mol. The number of rotatable bonds is 2. The predicted molar refractivity (Wildman–Crippen MR) is 52.8 cm³/mol. The Labute approximate surface area is 81.5 Å². The second-order valence-corrected chi connectivity index (χ2v) is 2.85. The number of nitrogens with two attached hydrogens (primary N) is 1. The van der Waals surface area contributed by atoms with Gasteiger partial charge in [0.1, 0.15) is 0 Å². The fourth-order valence-electron chi connectivity index (χ4n) is 0.899. The lowest BCUT2D eigenvalue weighted by Gasteiger charge is -2.05. The van der Waals surface area contributed by atoms with Crippen molar-refractivity contribution in [3.05, 3.63) is 23.8 Å². The molecule has 70 valence electrons. The van der Waals surface area contributed by atoms with E-state index in [9.17, 15) is 4.79 Å². The summed E-state index contributed by atoms with van der Waals surface area (Å²) in [5.74, 6) is 4.75. The smallest absolute Gasteiger partial charge is 0.339 e. The van der Waals surface area contributed by atoms with Gasteiger partial charge in [-0.25, -0.2) is 4.79 Å². The lowest BCUT2D eigenvalue weighted by atomic mass is 10.2. The van der Waals surface area contributed by atoms with E-state index in [1.54, 1.807) is 18.2 Å². The van der Waals surface area contributed by atoms with Crippen LogP contribution < -0.4 is 11.3 Å².